The smallest absolute Gasteiger partial charge is 0.456 e. The molecule has 0 aliphatic rings. The molecule has 0 bridgehead atoms. The molecule has 1 atom stereocenters. The summed E-state index contributed by atoms with van der Waals surface area (Å²) in [5.41, 5.74) is -0.756. The quantitative estimate of drug-likeness (QED) is 0.747. The van der Waals surface area contributed by atoms with Gasteiger partial charge < -0.3 is 4.74 Å². The highest BCUT2D eigenvalue weighted by Crippen LogP contribution is 2.46. The maximum atomic E-state index is 13.1. The molecular weight excluding hydrogens is 250 g/mol. The lowest BCUT2D eigenvalue weighted by Gasteiger charge is -2.23. The zero-order chi connectivity index (χ0) is 13.3. The summed E-state index contributed by atoms with van der Waals surface area (Å²) in [5.74, 6) is -5.18. The number of alkyl halides is 6. The SMILES string of the molecule is COc1ccc(C(F)C(F)(F)C(F)(F)F)cc1. The number of hydrogen-bond acceptors (Lipinski definition) is 1. The molecular formula is C10H8F6O. The van der Waals surface area contributed by atoms with Gasteiger partial charge in [0.05, 0.1) is 7.11 Å². The average Bonchev–Trinajstić information content (AvgIpc) is 2.26. The average molecular weight is 258 g/mol. The number of benzene rings is 1. The summed E-state index contributed by atoms with van der Waals surface area (Å²) in [6.07, 6.45) is -9.36. The maximum Gasteiger partial charge on any atom is 0.456 e. The van der Waals surface area contributed by atoms with Crippen molar-refractivity contribution in [3.05, 3.63) is 29.8 Å². The first kappa shape index (κ1) is 13.7. The van der Waals surface area contributed by atoms with E-state index in [1.807, 2.05) is 0 Å². The number of methoxy groups -OCH3 is 1. The Morgan fingerprint density at radius 2 is 1.47 bits per heavy atom. The highest BCUT2D eigenvalue weighted by Gasteiger charge is 2.63. The van der Waals surface area contributed by atoms with Crippen LogP contribution in [-0.4, -0.2) is 19.2 Å². The van der Waals surface area contributed by atoms with Crippen molar-refractivity contribution in [1.82, 2.24) is 0 Å². The number of hydrogen-bond donors (Lipinski definition) is 0. The second-order valence-electron chi connectivity index (χ2n) is 3.26. The molecule has 0 aromatic heterocycles. The first-order chi connectivity index (χ1) is 7.70. The van der Waals surface area contributed by atoms with E-state index in [4.69, 9.17) is 0 Å². The van der Waals surface area contributed by atoms with Crippen LogP contribution in [0.1, 0.15) is 11.7 Å². The lowest BCUT2D eigenvalue weighted by molar-refractivity contribution is -0.305. The summed E-state index contributed by atoms with van der Waals surface area (Å²) in [6.45, 7) is 0. The Hall–Kier alpha value is -1.40. The van der Waals surface area contributed by atoms with E-state index in [0.29, 0.717) is 0 Å². The Bertz CT molecular complexity index is 369. The minimum Gasteiger partial charge on any atom is -0.497 e. The molecule has 0 radical (unpaired) electrons. The summed E-state index contributed by atoms with van der Waals surface area (Å²) in [7, 11) is 1.28. The van der Waals surface area contributed by atoms with Gasteiger partial charge in [0.15, 0.2) is 6.17 Å². The zero-order valence-corrected chi connectivity index (χ0v) is 8.56. The van der Waals surface area contributed by atoms with Crippen LogP contribution in [0.5, 0.6) is 5.75 Å². The Balaban J connectivity index is 2.99. The molecule has 17 heavy (non-hydrogen) atoms. The van der Waals surface area contributed by atoms with Crippen LogP contribution < -0.4 is 4.74 Å². The van der Waals surface area contributed by atoms with Gasteiger partial charge in [-0.3, -0.25) is 0 Å². The van der Waals surface area contributed by atoms with Crippen molar-refractivity contribution in [1.29, 1.82) is 0 Å². The Kier molecular flexibility index (Phi) is 3.59. The second kappa shape index (κ2) is 4.46. The summed E-state index contributed by atoms with van der Waals surface area (Å²) in [5, 5.41) is 0. The van der Waals surface area contributed by atoms with Crippen LogP contribution in [0.4, 0.5) is 26.3 Å². The third-order valence-corrected chi connectivity index (χ3v) is 2.10. The minimum absolute atomic E-state index is 0.233. The standard InChI is InChI=1S/C10H8F6O/c1-17-7-4-2-6(3-5-7)8(11)9(12,13)10(14,15)16/h2-5,8H,1H3. The summed E-state index contributed by atoms with van der Waals surface area (Å²) >= 11 is 0. The van der Waals surface area contributed by atoms with Gasteiger partial charge in [0.1, 0.15) is 5.75 Å². The van der Waals surface area contributed by atoms with Crippen LogP contribution in [-0.2, 0) is 0 Å². The Morgan fingerprint density at radius 3 is 1.82 bits per heavy atom. The van der Waals surface area contributed by atoms with Crippen molar-refractivity contribution in [2.24, 2.45) is 0 Å². The molecule has 0 aliphatic carbocycles. The zero-order valence-electron chi connectivity index (χ0n) is 8.56. The Labute approximate surface area is 93.0 Å². The van der Waals surface area contributed by atoms with E-state index < -0.39 is 23.8 Å². The Morgan fingerprint density at radius 1 is 1.00 bits per heavy atom. The van der Waals surface area contributed by atoms with E-state index in [-0.39, 0.29) is 5.75 Å². The fraction of sp³-hybridized carbons (Fsp3) is 0.400. The van der Waals surface area contributed by atoms with Gasteiger partial charge in [-0.25, -0.2) is 4.39 Å². The number of halogens is 6. The first-order valence-corrected chi connectivity index (χ1v) is 4.42. The molecule has 0 saturated carbocycles. The third kappa shape index (κ3) is 2.65. The van der Waals surface area contributed by atoms with Gasteiger partial charge in [-0.2, -0.15) is 22.0 Å². The molecule has 1 aromatic rings. The molecule has 7 heteroatoms. The molecule has 0 spiro atoms. The molecule has 1 rings (SSSR count). The number of rotatable bonds is 3. The molecule has 0 amide bonds. The summed E-state index contributed by atoms with van der Waals surface area (Å²) < 4.78 is 78.8. The normalized spacial score (nSPS) is 14.5. The van der Waals surface area contributed by atoms with Crippen LogP contribution >= 0.6 is 0 Å². The van der Waals surface area contributed by atoms with Gasteiger partial charge in [0.2, 0.25) is 0 Å². The summed E-state index contributed by atoms with van der Waals surface area (Å²) in [6, 6.07) is 3.86. The fourth-order valence-corrected chi connectivity index (χ4v) is 1.13. The van der Waals surface area contributed by atoms with Gasteiger partial charge in [0.25, 0.3) is 0 Å². The van der Waals surface area contributed by atoms with Crippen LogP contribution in [0.3, 0.4) is 0 Å². The van der Waals surface area contributed by atoms with E-state index in [1.54, 1.807) is 0 Å². The lowest BCUT2D eigenvalue weighted by Crippen LogP contribution is -2.40. The molecule has 96 valence electrons. The lowest BCUT2D eigenvalue weighted by atomic mass is 10.0. The monoisotopic (exact) mass is 258 g/mol. The molecule has 1 nitrogen and oxygen atoms in total. The van der Waals surface area contributed by atoms with E-state index in [9.17, 15) is 26.3 Å². The van der Waals surface area contributed by atoms with Crippen LogP contribution in [0.25, 0.3) is 0 Å². The van der Waals surface area contributed by atoms with E-state index in [0.717, 1.165) is 24.3 Å². The van der Waals surface area contributed by atoms with E-state index >= 15 is 0 Å². The molecule has 1 aromatic carbocycles. The predicted molar refractivity (Wildman–Crippen MR) is 47.8 cm³/mol. The van der Waals surface area contributed by atoms with Crippen molar-refractivity contribution >= 4 is 0 Å². The molecule has 0 aliphatic heterocycles. The van der Waals surface area contributed by atoms with Crippen LogP contribution in [0.2, 0.25) is 0 Å². The van der Waals surface area contributed by atoms with Crippen LogP contribution in [0, 0.1) is 0 Å². The topological polar surface area (TPSA) is 9.23 Å². The molecule has 0 saturated heterocycles. The van der Waals surface area contributed by atoms with Gasteiger partial charge in [-0.1, -0.05) is 12.1 Å². The van der Waals surface area contributed by atoms with Gasteiger partial charge in [-0.15, -0.1) is 0 Å². The van der Waals surface area contributed by atoms with E-state index in [1.165, 1.54) is 7.11 Å². The predicted octanol–water partition coefficient (Wildman–Crippen LogP) is 3.90. The molecule has 1 unspecified atom stereocenters. The maximum absolute atomic E-state index is 13.1. The third-order valence-electron chi connectivity index (χ3n) is 2.10. The first-order valence-electron chi connectivity index (χ1n) is 4.42. The van der Waals surface area contributed by atoms with Crippen molar-refractivity contribution in [3.63, 3.8) is 0 Å². The fourth-order valence-electron chi connectivity index (χ4n) is 1.13. The second-order valence-corrected chi connectivity index (χ2v) is 3.26. The summed E-state index contributed by atoms with van der Waals surface area (Å²) in [4.78, 5) is 0. The van der Waals surface area contributed by atoms with E-state index in [2.05, 4.69) is 4.74 Å². The minimum atomic E-state index is -5.92. The van der Waals surface area contributed by atoms with Gasteiger partial charge in [-0.05, 0) is 17.7 Å². The van der Waals surface area contributed by atoms with Crippen LogP contribution in [0.15, 0.2) is 24.3 Å². The van der Waals surface area contributed by atoms with Crippen molar-refractivity contribution < 1.29 is 31.1 Å². The van der Waals surface area contributed by atoms with Crippen molar-refractivity contribution in [2.45, 2.75) is 18.3 Å². The highest BCUT2D eigenvalue weighted by atomic mass is 19.4. The largest absolute Gasteiger partial charge is 0.497 e. The van der Waals surface area contributed by atoms with Gasteiger partial charge >= 0.3 is 12.1 Å². The highest BCUT2D eigenvalue weighted by molar-refractivity contribution is 5.29. The van der Waals surface area contributed by atoms with Gasteiger partial charge in [0, 0.05) is 0 Å². The molecule has 0 N–H and O–H groups in total. The molecule has 0 fully saturated rings. The molecule has 0 heterocycles. The number of ether oxygens (including phenoxy) is 1. The van der Waals surface area contributed by atoms with Crippen molar-refractivity contribution in [2.75, 3.05) is 7.11 Å². The van der Waals surface area contributed by atoms with Crippen molar-refractivity contribution in [3.8, 4) is 5.75 Å².